The molecule has 25 heavy (non-hydrogen) atoms. The van der Waals surface area contributed by atoms with Crippen molar-refractivity contribution in [3.8, 4) is 6.01 Å². The van der Waals surface area contributed by atoms with Gasteiger partial charge in [-0.3, -0.25) is 0 Å². The molecule has 1 aromatic heterocycles. The first kappa shape index (κ1) is 17.1. The largest absolute Gasteiger partial charge is 0.460 e. The number of hydrogen-bond acceptors (Lipinski definition) is 4. The van der Waals surface area contributed by atoms with Crippen LogP contribution in [0.4, 0.5) is 19.3 Å². The number of aromatic nitrogens is 2. The van der Waals surface area contributed by atoms with Crippen molar-refractivity contribution < 1.29 is 18.3 Å². The molecule has 2 N–H and O–H groups in total. The highest BCUT2D eigenvalue weighted by Crippen LogP contribution is 2.22. The number of para-hydroxylation sites is 1. The van der Waals surface area contributed by atoms with E-state index in [0.29, 0.717) is 12.8 Å². The molecule has 2 aromatic rings. The Kier molecular flexibility index (Phi) is 5.37. The number of carbonyl (C=O) groups is 1. The maximum Gasteiger partial charge on any atom is 0.319 e. The number of hydrogen-bond donors (Lipinski definition) is 2. The van der Waals surface area contributed by atoms with Gasteiger partial charge in [0, 0.05) is 6.04 Å². The van der Waals surface area contributed by atoms with E-state index in [-0.39, 0.29) is 23.8 Å². The maximum absolute atomic E-state index is 13.5. The van der Waals surface area contributed by atoms with Crippen LogP contribution in [0.25, 0.3) is 0 Å². The topological polar surface area (TPSA) is 76.1 Å². The van der Waals surface area contributed by atoms with Gasteiger partial charge in [0.25, 0.3) is 0 Å². The van der Waals surface area contributed by atoms with E-state index < -0.39 is 17.7 Å². The van der Waals surface area contributed by atoms with Crippen molar-refractivity contribution >= 4 is 11.7 Å². The number of ether oxygens (including phenoxy) is 1. The Morgan fingerprint density at radius 3 is 2.44 bits per heavy atom. The molecule has 132 valence electrons. The van der Waals surface area contributed by atoms with E-state index in [4.69, 9.17) is 4.74 Å². The molecule has 1 heterocycles. The van der Waals surface area contributed by atoms with Gasteiger partial charge in [-0.25, -0.2) is 23.5 Å². The average molecular weight is 348 g/mol. The van der Waals surface area contributed by atoms with Crippen LogP contribution in [0.15, 0.2) is 36.7 Å². The number of anilines is 1. The summed E-state index contributed by atoms with van der Waals surface area (Å²) in [5, 5.41) is 5.34. The SMILES string of the molecule is O=C(Nc1ccccc1F)NC1CCC(Oc2ncc(F)cn2)CC1. The summed E-state index contributed by atoms with van der Waals surface area (Å²) >= 11 is 0. The summed E-state index contributed by atoms with van der Waals surface area (Å²) in [4.78, 5) is 19.5. The molecule has 1 aliphatic rings. The third kappa shape index (κ3) is 4.85. The monoisotopic (exact) mass is 348 g/mol. The fourth-order valence-electron chi connectivity index (χ4n) is 2.74. The molecule has 8 heteroatoms. The number of benzene rings is 1. The minimum atomic E-state index is -0.513. The molecule has 6 nitrogen and oxygen atoms in total. The molecule has 0 spiro atoms. The van der Waals surface area contributed by atoms with Crippen LogP contribution in [0.1, 0.15) is 25.7 Å². The number of nitrogens with one attached hydrogen (secondary N) is 2. The molecule has 1 aliphatic carbocycles. The Bertz CT molecular complexity index is 719. The third-order valence-electron chi connectivity index (χ3n) is 4.00. The maximum atomic E-state index is 13.5. The zero-order valence-corrected chi connectivity index (χ0v) is 13.4. The minimum Gasteiger partial charge on any atom is -0.460 e. The van der Waals surface area contributed by atoms with E-state index >= 15 is 0 Å². The highest BCUT2D eigenvalue weighted by molar-refractivity contribution is 5.89. The van der Waals surface area contributed by atoms with Crippen molar-refractivity contribution in [1.29, 1.82) is 0 Å². The van der Waals surface area contributed by atoms with E-state index in [0.717, 1.165) is 25.2 Å². The molecule has 1 fully saturated rings. The summed E-state index contributed by atoms with van der Waals surface area (Å²) in [7, 11) is 0. The van der Waals surface area contributed by atoms with Gasteiger partial charge < -0.3 is 15.4 Å². The number of nitrogens with zero attached hydrogens (tertiary/aromatic N) is 2. The molecule has 3 rings (SSSR count). The second kappa shape index (κ2) is 7.87. The van der Waals surface area contributed by atoms with E-state index in [9.17, 15) is 13.6 Å². The summed E-state index contributed by atoms with van der Waals surface area (Å²) in [5.41, 5.74) is 0.144. The fourth-order valence-corrected chi connectivity index (χ4v) is 2.74. The Labute approximate surface area is 143 Å². The van der Waals surface area contributed by atoms with Crippen LogP contribution in [0, 0.1) is 11.6 Å². The molecule has 2 amide bonds. The van der Waals surface area contributed by atoms with Crippen LogP contribution < -0.4 is 15.4 Å². The van der Waals surface area contributed by atoms with Crippen molar-refractivity contribution in [2.24, 2.45) is 0 Å². The lowest BCUT2D eigenvalue weighted by Gasteiger charge is -2.28. The highest BCUT2D eigenvalue weighted by Gasteiger charge is 2.24. The number of urea groups is 1. The zero-order valence-electron chi connectivity index (χ0n) is 13.4. The molecule has 1 saturated carbocycles. The van der Waals surface area contributed by atoms with Crippen LogP contribution in [-0.4, -0.2) is 28.1 Å². The smallest absolute Gasteiger partial charge is 0.319 e. The Balaban J connectivity index is 1.43. The number of carbonyl (C=O) groups excluding carboxylic acids is 1. The van der Waals surface area contributed by atoms with Gasteiger partial charge in [-0.15, -0.1) is 0 Å². The summed E-state index contributed by atoms with van der Waals surface area (Å²) in [5.74, 6) is -0.991. The van der Waals surface area contributed by atoms with Crippen molar-refractivity contribution in [3.63, 3.8) is 0 Å². The highest BCUT2D eigenvalue weighted by atomic mass is 19.1. The van der Waals surface area contributed by atoms with Gasteiger partial charge in [0.1, 0.15) is 11.9 Å². The Hall–Kier alpha value is -2.77. The van der Waals surface area contributed by atoms with Gasteiger partial charge in [-0.05, 0) is 37.8 Å². The number of amides is 2. The van der Waals surface area contributed by atoms with Crippen LogP contribution in [0.3, 0.4) is 0 Å². The van der Waals surface area contributed by atoms with E-state index in [1.807, 2.05) is 0 Å². The second-order valence-electron chi connectivity index (χ2n) is 5.85. The van der Waals surface area contributed by atoms with E-state index in [1.54, 1.807) is 12.1 Å². The molecule has 0 aliphatic heterocycles. The zero-order chi connectivity index (χ0) is 17.6. The lowest BCUT2D eigenvalue weighted by Crippen LogP contribution is -2.41. The van der Waals surface area contributed by atoms with Gasteiger partial charge >= 0.3 is 12.0 Å². The standard InChI is InChI=1S/C17H18F2N4O2/c18-11-9-20-17(21-10-11)25-13-7-5-12(6-8-13)22-16(24)23-15-4-2-1-3-14(15)19/h1-4,9-10,12-13H,5-8H2,(H2,22,23,24). The van der Waals surface area contributed by atoms with Crippen molar-refractivity contribution in [2.45, 2.75) is 37.8 Å². The van der Waals surface area contributed by atoms with Crippen LogP contribution >= 0.6 is 0 Å². The van der Waals surface area contributed by atoms with E-state index in [2.05, 4.69) is 20.6 Å². The van der Waals surface area contributed by atoms with Crippen molar-refractivity contribution in [3.05, 3.63) is 48.3 Å². The normalized spacial score (nSPS) is 19.9. The third-order valence-corrected chi connectivity index (χ3v) is 4.00. The Morgan fingerprint density at radius 2 is 1.76 bits per heavy atom. The predicted molar refractivity (Wildman–Crippen MR) is 87.2 cm³/mol. The second-order valence-corrected chi connectivity index (χ2v) is 5.85. The van der Waals surface area contributed by atoms with Gasteiger partial charge in [-0.1, -0.05) is 12.1 Å². The minimum absolute atomic E-state index is 0.0132. The quantitative estimate of drug-likeness (QED) is 0.889. The van der Waals surface area contributed by atoms with Gasteiger partial charge in [0.2, 0.25) is 0 Å². The molecule has 0 radical (unpaired) electrons. The number of rotatable bonds is 4. The lowest BCUT2D eigenvalue weighted by molar-refractivity contribution is 0.129. The summed E-state index contributed by atoms with van der Waals surface area (Å²) in [6, 6.07) is 5.70. The molecular formula is C17H18F2N4O2. The van der Waals surface area contributed by atoms with E-state index in [1.165, 1.54) is 12.1 Å². The van der Waals surface area contributed by atoms with Crippen LogP contribution in [0.5, 0.6) is 6.01 Å². The Morgan fingerprint density at radius 1 is 1.08 bits per heavy atom. The summed E-state index contributed by atoms with van der Waals surface area (Å²) in [6.45, 7) is 0. The van der Waals surface area contributed by atoms with Gasteiger partial charge in [0.05, 0.1) is 18.1 Å². The molecule has 0 bridgehead atoms. The van der Waals surface area contributed by atoms with Crippen LogP contribution in [-0.2, 0) is 0 Å². The molecule has 1 aromatic carbocycles. The lowest BCUT2D eigenvalue weighted by atomic mass is 9.93. The molecule has 0 unspecified atom stereocenters. The summed E-state index contributed by atoms with van der Waals surface area (Å²) < 4.78 is 31.9. The first-order valence-corrected chi connectivity index (χ1v) is 8.06. The first-order valence-electron chi connectivity index (χ1n) is 8.06. The molecule has 0 atom stereocenters. The average Bonchev–Trinajstić information content (AvgIpc) is 2.61. The number of halogens is 2. The molecular weight excluding hydrogens is 330 g/mol. The van der Waals surface area contributed by atoms with Gasteiger partial charge in [-0.2, -0.15) is 0 Å². The predicted octanol–water partition coefficient (Wildman–Crippen LogP) is 3.27. The van der Waals surface area contributed by atoms with Gasteiger partial charge in [0.15, 0.2) is 5.82 Å². The first-order chi connectivity index (χ1) is 12.1. The summed E-state index contributed by atoms with van der Waals surface area (Å²) in [6.07, 6.45) is 4.91. The van der Waals surface area contributed by atoms with Crippen LogP contribution in [0.2, 0.25) is 0 Å². The fraction of sp³-hybridized carbons (Fsp3) is 0.353. The molecule has 0 saturated heterocycles. The van der Waals surface area contributed by atoms with Crippen molar-refractivity contribution in [2.75, 3.05) is 5.32 Å². The van der Waals surface area contributed by atoms with Crippen molar-refractivity contribution in [1.82, 2.24) is 15.3 Å².